The first-order valence-corrected chi connectivity index (χ1v) is 16.8. The Labute approximate surface area is 258 Å². The minimum Gasteiger partial charge on any atom is -0.477 e. The molecule has 1 amide bonds. The molecular formula is C30H40ClN7O4S. The highest BCUT2D eigenvalue weighted by Gasteiger charge is 2.29. The Bertz CT molecular complexity index is 1520. The molecule has 43 heavy (non-hydrogen) atoms. The molecule has 4 heterocycles. The second-order valence-electron chi connectivity index (χ2n) is 12.1. The largest absolute Gasteiger partial charge is 0.477 e. The third-order valence-electron chi connectivity index (χ3n) is 8.12. The van der Waals surface area contributed by atoms with Gasteiger partial charge in [-0.25, -0.2) is 19.4 Å². The van der Waals surface area contributed by atoms with Gasteiger partial charge in [0.15, 0.2) is 10.8 Å². The van der Waals surface area contributed by atoms with E-state index < -0.39 is 15.9 Å². The van der Waals surface area contributed by atoms with Crippen LogP contribution in [0.2, 0.25) is 5.15 Å². The maximum atomic E-state index is 13.0. The molecule has 5 rings (SSSR count). The number of aromatic nitrogens is 4. The number of nitrogens with one attached hydrogen (secondary N) is 3. The Morgan fingerprint density at radius 3 is 2.67 bits per heavy atom. The first-order chi connectivity index (χ1) is 20.6. The third kappa shape index (κ3) is 8.53. The van der Waals surface area contributed by atoms with Gasteiger partial charge in [-0.1, -0.05) is 43.4 Å². The maximum Gasteiger partial charge on any atom is 0.281 e. The Morgan fingerprint density at radius 1 is 1.12 bits per heavy atom. The van der Waals surface area contributed by atoms with Crippen molar-refractivity contribution in [2.75, 3.05) is 19.7 Å². The number of pyridine rings is 2. The quantitative estimate of drug-likeness (QED) is 0.187. The zero-order chi connectivity index (χ0) is 30.5. The fraction of sp³-hybridized carbons (Fsp3) is 0.533. The molecule has 0 unspecified atom stereocenters. The van der Waals surface area contributed by atoms with Crippen LogP contribution >= 0.6 is 11.6 Å². The molecule has 3 aromatic heterocycles. The summed E-state index contributed by atoms with van der Waals surface area (Å²) in [6, 6.07) is 9.38. The van der Waals surface area contributed by atoms with E-state index in [0.717, 1.165) is 38.3 Å². The average molecular weight is 630 g/mol. The van der Waals surface area contributed by atoms with Gasteiger partial charge in [0.05, 0.1) is 17.9 Å². The molecule has 1 saturated heterocycles. The van der Waals surface area contributed by atoms with Crippen molar-refractivity contribution in [3.63, 3.8) is 0 Å². The van der Waals surface area contributed by atoms with Crippen molar-refractivity contribution in [2.24, 2.45) is 11.8 Å². The number of rotatable bonds is 13. The van der Waals surface area contributed by atoms with Crippen LogP contribution in [0, 0.1) is 11.8 Å². The Hall–Kier alpha value is -3.06. The van der Waals surface area contributed by atoms with Crippen LogP contribution in [-0.2, 0) is 16.6 Å². The number of hydrogen-bond acceptors (Lipinski definition) is 9. The standard InChI is InChI=1S/C30H40ClN7O4S/c1-30(2)18-22(19-33-30)12-15-32-20-23-8-5-9-27(34-23)43(40,41)37-29(39)24-10-11-25(35-28(24)31)38-16-13-26(36-38)42-17-14-21-6-3-4-7-21/h5,8-11,13,16,21-22,32-33H,3-4,6-7,12,14-15,17-20H2,1-2H3,(H,37,39)/t22-/m0/s1. The van der Waals surface area contributed by atoms with E-state index in [-0.39, 0.29) is 21.3 Å². The van der Waals surface area contributed by atoms with Crippen molar-refractivity contribution in [3.8, 4) is 11.7 Å². The van der Waals surface area contributed by atoms with E-state index in [9.17, 15) is 13.2 Å². The highest BCUT2D eigenvalue weighted by molar-refractivity contribution is 7.90. The van der Waals surface area contributed by atoms with Crippen LogP contribution in [0.15, 0.2) is 47.6 Å². The summed E-state index contributed by atoms with van der Waals surface area (Å²) in [5, 5.41) is 10.8. The van der Waals surface area contributed by atoms with E-state index in [1.165, 1.54) is 48.6 Å². The van der Waals surface area contributed by atoms with Crippen LogP contribution in [0.4, 0.5) is 0 Å². The van der Waals surface area contributed by atoms with Gasteiger partial charge < -0.3 is 15.4 Å². The summed E-state index contributed by atoms with van der Waals surface area (Å²) in [6.07, 6.45) is 9.97. The van der Waals surface area contributed by atoms with E-state index in [2.05, 4.69) is 44.3 Å². The minimum absolute atomic E-state index is 0.0865. The van der Waals surface area contributed by atoms with E-state index in [4.69, 9.17) is 16.3 Å². The van der Waals surface area contributed by atoms with Gasteiger partial charge in [-0.2, -0.15) is 8.42 Å². The molecule has 3 aromatic rings. The fourth-order valence-corrected chi connectivity index (χ4v) is 7.00. The predicted octanol–water partition coefficient (Wildman–Crippen LogP) is 4.26. The second kappa shape index (κ2) is 13.7. The molecule has 0 radical (unpaired) electrons. The van der Waals surface area contributed by atoms with Crippen LogP contribution < -0.4 is 20.1 Å². The van der Waals surface area contributed by atoms with Crippen molar-refractivity contribution in [2.45, 2.75) is 75.9 Å². The highest BCUT2D eigenvalue weighted by Crippen LogP contribution is 2.28. The van der Waals surface area contributed by atoms with E-state index in [1.54, 1.807) is 24.4 Å². The van der Waals surface area contributed by atoms with Crippen molar-refractivity contribution in [3.05, 3.63) is 59.0 Å². The molecule has 2 aliphatic rings. The highest BCUT2D eigenvalue weighted by atomic mass is 35.5. The van der Waals surface area contributed by atoms with Crippen molar-refractivity contribution >= 4 is 27.5 Å². The topological polar surface area (TPSA) is 140 Å². The van der Waals surface area contributed by atoms with Crippen LogP contribution in [-0.4, -0.2) is 59.3 Å². The number of hydrogen-bond donors (Lipinski definition) is 3. The Kier molecular flexibility index (Phi) is 10.0. The lowest BCUT2D eigenvalue weighted by molar-refractivity contribution is 0.0981. The summed E-state index contributed by atoms with van der Waals surface area (Å²) < 4.78 is 35.3. The lowest BCUT2D eigenvalue weighted by Gasteiger charge is -2.17. The van der Waals surface area contributed by atoms with Gasteiger partial charge in [-0.15, -0.1) is 5.10 Å². The van der Waals surface area contributed by atoms with Crippen molar-refractivity contribution in [1.29, 1.82) is 0 Å². The monoisotopic (exact) mass is 629 g/mol. The van der Waals surface area contributed by atoms with Gasteiger partial charge in [-0.05, 0) is 82.3 Å². The summed E-state index contributed by atoms with van der Waals surface area (Å²) in [5.41, 5.74) is 0.649. The SMILES string of the molecule is CC1(C)C[C@H](CCNCc2cccc(S(=O)(=O)NC(=O)c3ccc(-n4ccc(OCCC5CCCC5)n4)nc3Cl)n2)CN1. The predicted molar refractivity (Wildman–Crippen MR) is 164 cm³/mol. The molecule has 0 spiro atoms. The molecule has 13 heteroatoms. The number of nitrogens with zero attached hydrogens (tertiary/aromatic N) is 4. The lowest BCUT2D eigenvalue weighted by Crippen LogP contribution is -2.32. The van der Waals surface area contributed by atoms with Crippen LogP contribution in [0.1, 0.15) is 74.8 Å². The smallest absolute Gasteiger partial charge is 0.281 e. The number of halogens is 1. The van der Waals surface area contributed by atoms with Crippen molar-refractivity contribution in [1.82, 2.24) is 35.1 Å². The van der Waals surface area contributed by atoms with Gasteiger partial charge in [0.25, 0.3) is 15.9 Å². The Morgan fingerprint density at radius 2 is 1.93 bits per heavy atom. The van der Waals surface area contributed by atoms with E-state index >= 15 is 0 Å². The fourth-order valence-electron chi connectivity index (χ4n) is 5.81. The van der Waals surface area contributed by atoms with Gasteiger partial charge in [-0.3, -0.25) is 4.79 Å². The molecule has 232 valence electrons. The number of carbonyl (C=O) groups excluding carboxylic acids is 1. The summed E-state index contributed by atoms with van der Waals surface area (Å²) in [5.74, 6) is 1.27. The number of carbonyl (C=O) groups is 1. The molecule has 1 saturated carbocycles. The first-order valence-electron chi connectivity index (χ1n) is 14.9. The molecule has 1 aliphatic heterocycles. The van der Waals surface area contributed by atoms with Gasteiger partial charge in [0.1, 0.15) is 5.15 Å². The molecule has 11 nitrogen and oxygen atoms in total. The normalized spacial score (nSPS) is 18.6. The summed E-state index contributed by atoms with van der Waals surface area (Å²) in [6.45, 7) is 7.24. The zero-order valence-corrected chi connectivity index (χ0v) is 26.3. The van der Waals surface area contributed by atoms with Gasteiger partial charge in [0, 0.05) is 24.3 Å². The Balaban J connectivity index is 1.14. The summed E-state index contributed by atoms with van der Waals surface area (Å²) >= 11 is 6.30. The maximum absolute atomic E-state index is 13.0. The molecule has 0 bridgehead atoms. The van der Waals surface area contributed by atoms with Gasteiger partial charge >= 0.3 is 0 Å². The van der Waals surface area contributed by atoms with Crippen LogP contribution in [0.3, 0.4) is 0 Å². The minimum atomic E-state index is -4.24. The lowest BCUT2D eigenvalue weighted by atomic mass is 9.95. The van der Waals surface area contributed by atoms with E-state index in [0.29, 0.717) is 36.5 Å². The van der Waals surface area contributed by atoms with Crippen LogP contribution in [0.5, 0.6) is 5.88 Å². The van der Waals surface area contributed by atoms with Crippen molar-refractivity contribution < 1.29 is 17.9 Å². The molecule has 2 fully saturated rings. The zero-order valence-electron chi connectivity index (χ0n) is 24.7. The molecule has 1 aliphatic carbocycles. The molecule has 1 atom stereocenters. The molecular weight excluding hydrogens is 590 g/mol. The number of ether oxygens (including phenoxy) is 1. The average Bonchev–Trinajstić information content (AvgIpc) is 3.73. The molecule has 0 aromatic carbocycles. The summed E-state index contributed by atoms with van der Waals surface area (Å²) in [4.78, 5) is 21.4. The third-order valence-corrected chi connectivity index (χ3v) is 9.64. The number of sulfonamides is 1. The number of amides is 1. The van der Waals surface area contributed by atoms with Gasteiger partial charge in [0.2, 0.25) is 5.88 Å². The van der Waals surface area contributed by atoms with Crippen LogP contribution in [0.25, 0.3) is 5.82 Å². The van der Waals surface area contributed by atoms with E-state index in [1.807, 2.05) is 0 Å². The second-order valence-corrected chi connectivity index (χ2v) is 14.1. The molecule has 3 N–H and O–H groups in total. The summed E-state index contributed by atoms with van der Waals surface area (Å²) in [7, 11) is -4.24. The first kappa shape index (κ1) is 31.4.